The minimum absolute atomic E-state index is 0.00506. The van der Waals surface area contributed by atoms with Crippen molar-refractivity contribution in [3.8, 4) is 11.4 Å². The zero-order chi connectivity index (χ0) is 29.3. The van der Waals surface area contributed by atoms with Gasteiger partial charge in [0.15, 0.2) is 22.8 Å². The monoisotopic (exact) mass is 578 g/mol. The molecular weight excluding hydrogens is 553 g/mol. The van der Waals surface area contributed by atoms with Crippen LogP contribution < -0.4 is 15.1 Å². The molecule has 0 bridgehead atoms. The third kappa shape index (κ3) is 6.11. The average Bonchev–Trinajstić information content (AvgIpc) is 3.29. The van der Waals surface area contributed by atoms with Crippen LogP contribution in [0.5, 0.6) is 0 Å². The lowest BCUT2D eigenvalue weighted by Crippen LogP contribution is -2.51. The van der Waals surface area contributed by atoms with Crippen molar-refractivity contribution in [1.29, 1.82) is 0 Å². The van der Waals surface area contributed by atoms with Gasteiger partial charge in [-0.25, -0.2) is 29.7 Å². The van der Waals surface area contributed by atoms with Crippen LogP contribution in [0.4, 0.5) is 35.7 Å². The van der Waals surface area contributed by atoms with E-state index in [1.807, 2.05) is 10.2 Å². The van der Waals surface area contributed by atoms with E-state index in [1.165, 1.54) is 24.2 Å². The van der Waals surface area contributed by atoms with E-state index < -0.39 is 30.5 Å². The number of carboxylic acid groups (broad SMARTS) is 1. The number of hydrogen-bond donors (Lipinski definition) is 2. The van der Waals surface area contributed by atoms with Crippen molar-refractivity contribution in [2.45, 2.75) is 19.6 Å². The number of imidazole rings is 1. The second-order valence-corrected chi connectivity index (χ2v) is 9.32. The molecule has 3 aromatic heterocycles. The summed E-state index contributed by atoms with van der Waals surface area (Å²) in [6, 6.07) is 0. The highest BCUT2D eigenvalue weighted by molar-refractivity contribution is 6.35. The van der Waals surface area contributed by atoms with Crippen molar-refractivity contribution in [1.82, 2.24) is 34.4 Å². The van der Waals surface area contributed by atoms with E-state index in [4.69, 9.17) is 9.84 Å². The normalized spacial score (nSPS) is 16.2. The number of ether oxygens (including phenoxy) is 1. The summed E-state index contributed by atoms with van der Waals surface area (Å²) in [6.07, 6.45) is -3.45. The van der Waals surface area contributed by atoms with Crippen LogP contribution in [-0.2, 0) is 20.9 Å². The molecule has 2 saturated heterocycles. The number of ketones is 1. The summed E-state index contributed by atoms with van der Waals surface area (Å²) >= 11 is 0. The van der Waals surface area contributed by atoms with Gasteiger partial charge in [-0.05, 0) is 0 Å². The predicted octanol–water partition coefficient (Wildman–Crippen LogP) is 1.01. The third-order valence-electron chi connectivity index (χ3n) is 6.48. The second kappa shape index (κ2) is 11.1. The van der Waals surface area contributed by atoms with Gasteiger partial charge < -0.3 is 24.5 Å². The van der Waals surface area contributed by atoms with Crippen LogP contribution in [0.3, 0.4) is 0 Å². The lowest BCUT2D eigenvalue weighted by atomic mass is 10.3. The molecule has 2 aliphatic rings. The van der Waals surface area contributed by atoms with Crippen molar-refractivity contribution >= 4 is 46.7 Å². The van der Waals surface area contributed by atoms with Gasteiger partial charge in [0.1, 0.15) is 6.54 Å². The molecule has 2 N–H and O–H groups in total. The van der Waals surface area contributed by atoms with Crippen LogP contribution in [0.1, 0.15) is 6.92 Å². The van der Waals surface area contributed by atoms with Crippen molar-refractivity contribution in [3.05, 3.63) is 12.4 Å². The largest absolute Gasteiger partial charge is 0.465 e. The minimum atomic E-state index is -4.62. The van der Waals surface area contributed by atoms with Crippen molar-refractivity contribution in [2.24, 2.45) is 0 Å². The fourth-order valence-corrected chi connectivity index (χ4v) is 4.60. The molecule has 18 heteroatoms. The quantitative estimate of drug-likeness (QED) is 0.398. The van der Waals surface area contributed by atoms with Gasteiger partial charge in [-0.3, -0.25) is 19.5 Å². The lowest BCUT2D eigenvalue weighted by Gasteiger charge is -2.35. The summed E-state index contributed by atoms with van der Waals surface area (Å²) in [7, 11) is 0. The summed E-state index contributed by atoms with van der Waals surface area (Å²) in [5.41, 5.74) is 0.330. The summed E-state index contributed by atoms with van der Waals surface area (Å²) < 4.78 is 48.0. The van der Waals surface area contributed by atoms with Crippen LogP contribution in [0.2, 0.25) is 0 Å². The van der Waals surface area contributed by atoms with Crippen LogP contribution in [0.25, 0.3) is 22.6 Å². The molecule has 15 nitrogen and oxygen atoms in total. The van der Waals surface area contributed by atoms with Gasteiger partial charge >= 0.3 is 12.3 Å². The van der Waals surface area contributed by atoms with E-state index in [0.29, 0.717) is 32.1 Å². The standard InChI is InChI=1S/C23H25F3N10O5/c1-13(37)19(38)34-2-4-35(5-3-34)21-29-15-17(33-6-8-41-9-7-33)30-16(31-18(15)36(21)12-23(24,25)26)14-10-27-20(28-11-14)32-22(39)40/h10-11H,2-9,12H2,1H3,(H,39,40)(H,27,28,32). The molecule has 0 aromatic carbocycles. The van der Waals surface area contributed by atoms with Crippen LogP contribution >= 0.6 is 0 Å². The molecule has 2 fully saturated rings. The van der Waals surface area contributed by atoms with E-state index in [-0.39, 0.29) is 60.6 Å². The highest BCUT2D eigenvalue weighted by atomic mass is 19.4. The summed E-state index contributed by atoms with van der Waals surface area (Å²) in [6.45, 7) is 1.93. The Balaban J connectivity index is 1.61. The van der Waals surface area contributed by atoms with Gasteiger partial charge in [-0.2, -0.15) is 13.2 Å². The average molecular weight is 579 g/mol. The SMILES string of the molecule is CC(=O)C(=O)N1CCN(c2nc3c(N4CCOCC4)nc(-c4cnc(NC(=O)O)nc4)nc3n2CC(F)(F)F)CC1. The molecule has 0 saturated carbocycles. The van der Waals surface area contributed by atoms with Gasteiger partial charge in [-0.15, -0.1) is 0 Å². The Kier molecular flexibility index (Phi) is 7.57. The second-order valence-electron chi connectivity index (χ2n) is 9.32. The van der Waals surface area contributed by atoms with Gasteiger partial charge in [-0.1, -0.05) is 0 Å². The number of rotatable bonds is 6. The van der Waals surface area contributed by atoms with E-state index in [9.17, 15) is 27.6 Å². The number of fused-ring (bicyclic) bond motifs is 1. The molecule has 0 unspecified atom stereocenters. The molecule has 2 amide bonds. The molecule has 5 rings (SSSR count). The summed E-state index contributed by atoms with van der Waals surface area (Å²) in [5.74, 6) is -1.13. The number of hydrogen-bond acceptors (Lipinski definition) is 11. The van der Waals surface area contributed by atoms with E-state index in [0.717, 1.165) is 4.57 Å². The number of halogens is 3. The molecule has 0 radical (unpaired) electrons. The third-order valence-corrected chi connectivity index (χ3v) is 6.48. The van der Waals surface area contributed by atoms with Gasteiger partial charge in [0.05, 0.1) is 18.8 Å². The Morgan fingerprint density at radius 2 is 1.63 bits per heavy atom. The summed E-state index contributed by atoms with van der Waals surface area (Å²) in [5, 5.41) is 10.9. The predicted molar refractivity (Wildman–Crippen MR) is 137 cm³/mol. The Morgan fingerprint density at radius 3 is 2.22 bits per heavy atom. The van der Waals surface area contributed by atoms with Crippen LogP contribution in [-0.4, -0.2) is 116 Å². The molecule has 41 heavy (non-hydrogen) atoms. The molecule has 3 aromatic rings. The zero-order valence-corrected chi connectivity index (χ0v) is 21.8. The fraction of sp³-hybridized carbons (Fsp3) is 0.478. The van der Waals surface area contributed by atoms with Crippen molar-refractivity contribution in [3.63, 3.8) is 0 Å². The number of piperazine rings is 1. The molecular formula is C23H25F3N10O5. The fourth-order valence-electron chi connectivity index (χ4n) is 4.60. The van der Waals surface area contributed by atoms with Gasteiger partial charge in [0.2, 0.25) is 17.7 Å². The van der Waals surface area contributed by atoms with Crippen LogP contribution in [0.15, 0.2) is 12.4 Å². The maximum Gasteiger partial charge on any atom is 0.411 e. The minimum Gasteiger partial charge on any atom is -0.465 e. The number of alkyl halides is 3. The Labute approximate surface area is 230 Å². The Hall–Kier alpha value is -4.61. The molecule has 0 atom stereocenters. The number of carbonyl (C=O) groups is 3. The number of amides is 2. The van der Waals surface area contributed by atoms with Gasteiger partial charge in [0.25, 0.3) is 5.91 Å². The molecule has 5 heterocycles. The lowest BCUT2D eigenvalue weighted by molar-refractivity contribution is -0.143. The molecule has 0 aliphatic carbocycles. The number of nitrogens with zero attached hydrogens (tertiary/aromatic N) is 9. The first kappa shape index (κ1) is 27.9. The van der Waals surface area contributed by atoms with Crippen molar-refractivity contribution < 1.29 is 37.4 Å². The van der Waals surface area contributed by atoms with E-state index >= 15 is 0 Å². The maximum atomic E-state index is 13.9. The Morgan fingerprint density at radius 1 is 0.976 bits per heavy atom. The van der Waals surface area contributed by atoms with Crippen molar-refractivity contribution in [2.75, 3.05) is 67.6 Å². The first-order valence-corrected chi connectivity index (χ1v) is 12.5. The first-order chi connectivity index (χ1) is 19.5. The molecule has 218 valence electrons. The maximum absolute atomic E-state index is 13.9. The molecule has 2 aliphatic heterocycles. The van der Waals surface area contributed by atoms with Gasteiger partial charge in [0, 0.05) is 58.6 Å². The van der Waals surface area contributed by atoms with E-state index in [1.54, 1.807) is 4.90 Å². The zero-order valence-electron chi connectivity index (χ0n) is 21.8. The topological polar surface area (TPSA) is 172 Å². The number of morpholine rings is 1. The number of carbonyl (C=O) groups excluding carboxylic acids is 2. The van der Waals surface area contributed by atoms with E-state index in [2.05, 4.69) is 24.9 Å². The number of Topliss-reactive ketones (excluding diaryl/α,β-unsaturated/α-hetero) is 1. The smallest absolute Gasteiger partial charge is 0.411 e. The first-order valence-electron chi connectivity index (χ1n) is 12.5. The number of anilines is 3. The summed E-state index contributed by atoms with van der Waals surface area (Å²) in [4.78, 5) is 60.8. The highest BCUT2D eigenvalue weighted by Gasteiger charge is 2.35. The Bertz CT molecular complexity index is 1470. The van der Waals surface area contributed by atoms with Crippen LogP contribution in [0, 0.1) is 0 Å². The number of nitrogens with one attached hydrogen (secondary N) is 1. The number of aromatic nitrogens is 6. The molecule has 0 spiro atoms. The highest BCUT2D eigenvalue weighted by Crippen LogP contribution is 2.33.